The Hall–Kier alpha value is -2.69. The van der Waals surface area contributed by atoms with Crippen molar-refractivity contribution < 1.29 is 19.6 Å². The molecule has 26 heavy (non-hydrogen) atoms. The number of phenols is 1. The summed E-state index contributed by atoms with van der Waals surface area (Å²) in [6, 6.07) is 7.66. The van der Waals surface area contributed by atoms with Crippen LogP contribution in [-0.4, -0.2) is 28.8 Å². The number of amides is 1. The molecular formula is C17H16IN3O5. The molecule has 0 saturated heterocycles. The van der Waals surface area contributed by atoms with Gasteiger partial charge in [-0.1, -0.05) is 0 Å². The van der Waals surface area contributed by atoms with Crippen LogP contribution in [0, 0.1) is 27.5 Å². The van der Waals surface area contributed by atoms with E-state index in [4.69, 9.17) is 4.74 Å². The van der Waals surface area contributed by atoms with Crippen molar-refractivity contribution in [3.8, 4) is 11.5 Å². The first-order valence-electron chi connectivity index (χ1n) is 7.47. The first kappa shape index (κ1) is 19.6. The molecule has 8 nitrogen and oxygen atoms in total. The van der Waals surface area contributed by atoms with Gasteiger partial charge in [-0.3, -0.25) is 14.9 Å². The van der Waals surface area contributed by atoms with Crippen LogP contribution in [-0.2, 0) is 4.79 Å². The zero-order chi connectivity index (χ0) is 19.3. The van der Waals surface area contributed by atoms with E-state index in [2.05, 4.69) is 33.1 Å². The van der Waals surface area contributed by atoms with Crippen LogP contribution >= 0.6 is 22.6 Å². The normalized spacial score (nSPS) is 10.7. The summed E-state index contributed by atoms with van der Waals surface area (Å²) in [4.78, 5) is 21.8. The Bertz CT molecular complexity index is 860. The summed E-state index contributed by atoms with van der Waals surface area (Å²) in [6.07, 6.45) is 1.27. The van der Waals surface area contributed by atoms with Gasteiger partial charge in [-0.05, 0) is 77.4 Å². The first-order chi connectivity index (χ1) is 12.3. The second-order valence-electron chi connectivity index (χ2n) is 5.46. The van der Waals surface area contributed by atoms with Crippen LogP contribution in [0.1, 0.15) is 16.7 Å². The molecule has 0 aromatic heterocycles. The van der Waals surface area contributed by atoms with Crippen molar-refractivity contribution in [1.29, 1.82) is 0 Å². The number of hydrogen-bond acceptors (Lipinski definition) is 6. The fraction of sp³-hybridized carbons (Fsp3) is 0.176. The number of nitro groups is 1. The van der Waals surface area contributed by atoms with Gasteiger partial charge >= 0.3 is 5.69 Å². The molecule has 0 radical (unpaired) electrons. The maximum Gasteiger partial charge on any atom is 0.310 e. The number of hydrazone groups is 1. The number of hydrogen-bond donors (Lipinski definition) is 2. The highest BCUT2D eigenvalue weighted by Gasteiger charge is 2.12. The van der Waals surface area contributed by atoms with Gasteiger partial charge in [-0.25, -0.2) is 5.43 Å². The van der Waals surface area contributed by atoms with E-state index in [1.165, 1.54) is 18.3 Å². The van der Waals surface area contributed by atoms with Crippen molar-refractivity contribution >= 4 is 40.4 Å². The number of aromatic hydroxyl groups is 1. The van der Waals surface area contributed by atoms with Crippen molar-refractivity contribution in [3.05, 3.63) is 60.7 Å². The van der Waals surface area contributed by atoms with Gasteiger partial charge in [0.05, 0.1) is 11.1 Å². The second-order valence-corrected chi connectivity index (χ2v) is 6.70. The minimum atomic E-state index is -0.691. The summed E-state index contributed by atoms with van der Waals surface area (Å²) >= 11 is 2.21. The molecule has 0 saturated carbocycles. The quantitative estimate of drug-likeness (QED) is 0.292. The van der Waals surface area contributed by atoms with Gasteiger partial charge in [0.1, 0.15) is 5.75 Å². The number of halogens is 1. The van der Waals surface area contributed by atoms with E-state index in [-0.39, 0.29) is 6.61 Å². The highest BCUT2D eigenvalue weighted by Crippen LogP contribution is 2.26. The van der Waals surface area contributed by atoms with E-state index in [1.807, 2.05) is 26.0 Å². The SMILES string of the molecule is Cc1cc(I)cc(C)c1OCC(=O)NN=Cc1ccc([N+](=O)[O-])c(O)c1. The molecule has 2 aromatic rings. The number of aryl methyl sites for hydroxylation is 2. The standard InChI is InChI=1S/C17H16IN3O5/c1-10-5-13(18)6-11(2)17(10)26-9-16(23)20-19-8-12-3-4-14(21(24)25)15(22)7-12/h3-8,22H,9H2,1-2H3,(H,20,23). The van der Waals surface area contributed by atoms with Crippen molar-refractivity contribution in [2.45, 2.75) is 13.8 Å². The number of ether oxygens (including phenoxy) is 1. The van der Waals surface area contributed by atoms with Gasteiger partial charge < -0.3 is 9.84 Å². The lowest BCUT2D eigenvalue weighted by atomic mass is 10.1. The number of carbonyl (C=O) groups excluding carboxylic acids is 1. The van der Waals surface area contributed by atoms with Crippen molar-refractivity contribution in [2.75, 3.05) is 6.61 Å². The molecule has 1 amide bonds. The summed E-state index contributed by atoms with van der Waals surface area (Å²) in [6.45, 7) is 3.61. The zero-order valence-electron chi connectivity index (χ0n) is 14.0. The predicted molar refractivity (Wildman–Crippen MR) is 105 cm³/mol. The summed E-state index contributed by atoms with van der Waals surface area (Å²) in [5, 5.41) is 23.9. The van der Waals surface area contributed by atoms with Gasteiger partial charge in [-0.15, -0.1) is 0 Å². The minimum absolute atomic E-state index is 0.203. The van der Waals surface area contributed by atoms with Gasteiger partial charge in [0.15, 0.2) is 12.4 Å². The average Bonchev–Trinajstić information content (AvgIpc) is 2.53. The number of nitrogens with zero attached hydrogens (tertiary/aromatic N) is 2. The number of nitrogens with one attached hydrogen (secondary N) is 1. The lowest BCUT2D eigenvalue weighted by Crippen LogP contribution is -2.25. The summed E-state index contributed by atoms with van der Waals surface area (Å²) in [5.41, 5.74) is 4.17. The highest BCUT2D eigenvalue weighted by molar-refractivity contribution is 14.1. The van der Waals surface area contributed by atoms with Gasteiger partial charge in [0.2, 0.25) is 0 Å². The van der Waals surface area contributed by atoms with Crippen LogP contribution < -0.4 is 10.2 Å². The number of carbonyl (C=O) groups is 1. The fourth-order valence-electron chi connectivity index (χ4n) is 2.25. The minimum Gasteiger partial charge on any atom is -0.502 e. The van der Waals surface area contributed by atoms with Gasteiger partial charge in [-0.2, -0.15) is 5.10 Å². The molecule has 2 aromatic carbocycles. The van der Waals surface area contributed by atoms with Crippen LogP contribution in [0.15, 0.2) is 35.4 Å². The Morgan fingerprint density at radius 2 is 2.00 bits per heavy atom. The van der Waals surface area contributed by atoms with Crippen LogP contribution in [0.3, 0.4) is 0 Å². The molecular weight excluding hydrogens is 453 g/mol. The fourth-order valence-corrected chi connectivity index (χ4v) is 3.18. The Morgan fingerprint density at radius 1 is 1.35 bits per heavy atom. The number of phenolic OH excluding ortho intramolecular Hbond substituents is 1. The summed E-state index contributed by atoms with van der Waals surface area (Å²) in [7, 11) is 0. The molecule has 0 atom stereocenters. The Kier molecular flexibility index (Phi) is 6.50. The van der Waals surface area contributed by atoms with Crippen LogP contribution in [0.4, 0.5) is 5.69 Å². The Morgan fingerprint density at radius 3 is 2.58 bits per heavy atom. The zero-order valence-corrected chi connectivity index (χ0v) is 16.2. The first-order valence-corrected chi connectivity index (χ1v) is 8.54. The van der Waals surface area contributed by atoms with Crippen molar-refractivity contribution in [3.63, 3.8) is 0 Å². The molecule has 0 bridgehead atoms. The predicted octanol–water partition coefficient (Wildman–Crippen LogP) is 3.05. The molecule has 0 unspecified atom stereocenters. The van der Waals surface area contributed by atoms with E-state index in [1.54, 1.807) is 0 Å². The Labute approximate surface area is 163 Å². The lowest BCUT2D eigenvalue weighted by Gasteiger charge is -2.11. The molecule has 9 heteroatoms. The molecule has 0 fully saturated rings. The molecule has 2 rings (SSSR count). The van der Waals surface area contributed by atoms with E-state index in [9.17, 15) is 20.0 Å². The molecule has 0 heterocycles. The average molecular weight is 469 g/mol. The monoisotopic (exact) mass is 469 g/mol. The maximum absolute atomic E-state index is 11.8. The number of benzene rings is 2. The van der Waals surface area contributed by atoms with Crippen molar-refractivity contribution in [1.82, 2.24) is 5.43 Å². The molecule has 2 N–H and O–H groups in total. The topological polar surface area (TPSA) is 114 Å². The van der Waals surface area contributed by atoms with Crippen molar-refractivity contribution in [2.24, 2.45) is 5.10 Å². The Balaban J connectivity index is 1.92. The van der Waals surface area contributed by atoms with Gasteiger partial charge in [0, 0.05) is 9.64 Å². The van der Waals surface area contributed by atoms with E-state index in [0.29, 0.717) is 11.3 Å². The van der Waals surface area contributed by atoms with E-state index in [0.717, 1.165) is 20.8 Å². The summed E-state index contributed by atoms with van der Waals surface area (Å²) < 4.78 is 6.63. The number of nitro benzene ring substituents is 1. The van der Waals surface area contributed by atoms with Crippen LogP contribution in [0.25, 0.3) is 0 Å². The van der Waals surface area contributed by atoms with E-state index >= 15 is 0 Å². The molecule has 0 aliphatic carbocycles. The number of rotatable bonds is 6. The lowest BCUT2D eigenvalue weighted by molar-refractivity contribution is -0.385. The molecule has 0 spiro atoms. The van der Waals surface area contributed by atoms with E-state index < -0.39 is 22.3 Å². The van der Waals surface area contributed by atoms with Gasteiger partial charge in [0.25, 0.3) is 5.91 Å². The van der Waals surface area contributed by atoms with Crippen LogP contribution in [0.2, 0.25) is 0 Å². The van der Waals surface area contributed by atoms with Crippen LogP contribution in [0.5, 0.6) is 11.5 Å². The molecule has 0 aliphatic heterocycles. The smallest absolute Gasteiger partial charge is 0.310 e. The largest absolute Gasteiger partial charge is 0.502 e. The molecule has 136 valence electrons. The second kappa shape index (κ2) is 8.61. The maximum atomic E-state index is 11.8. The highest BCUT2D eigenvalue weighted by atomic mass is 127. The summed E-state index contributed by atoms with van der Waals surface area (Å²) in [5.74, 6) is -0.271. The molecule has 0 aliphatic rings. The third-order valence-electron chi connectivity index (χ3n) is 3.37. The third kappa shape index (κ3) is 5.15. The third-order valence-corrected chi connectivity index (χ3v) is 3.99.